The Balaban J connectivity index is 2.02. The third-order valence-corrected chi connectivity index (χ3v) is 7.12. The molecule has 0 aliphatic rings. The molecular weight excluding hydrogens is 482 g/mol. The van der Waals surface area contributed by atoms with Gasteiger partial charge in [0.05, 0.1) is 23.0 Å². The summed E-state index contributed by atoms with van der Waals surface area (Å²) in [7, 11) is -8.05. The molecule has 0 aliphatic heterocycles. The standard InChI is InChI=1S/C23H31NO8S2/c1-18-6-10-20(11-7-18)33(26,27)30-16-14-24(22(25)32-23(3,4)5)15-17-31-34(28,29)21-12-8-19(2)9-13-21/h6-13H,14-17H2,1-5H3. The van der Waals surface area contributed by atoms with Gasteiger partial charge in [0.25, 0.3) is 20.2 Å². The molecule has 0 fully saturated rings. The van der Waals surface area contributed by atoms with Crippen molar-refractivity contribution >= 4 is 26.3 Å². The summed E-state index contributed by atoms with van der Waals surface area (Å²) in [5, 5.41) is 0. The van der Waals surface area contributed by atoms with Crippen molar-refractivity contribution < 1.29 is 34.7 Å². The molecule has 0 aromatic heterocycles. The smallest absolute Gasteiger partial charge is 0.410 e. The molecule has 9 nitrogen and oxygen atoms in total. The van der Waals surface area contributed by atoms with Crippen LogP contribution in [-0.4, -0.2) is 59.7 Å². The van der Waals surface area contributed by atoms with Gasteiger partial charge in [0.15, 0.2) is 0 Å². The van der Waals surface area contributed by atoms with Gasteiger partial charge in [0, 0.05) is 13.1 Å². The van der Waals surface area contributed by atoms with Crippen LogP contribution in [0.2, 0.25) is 0 Å². The molecule has 2 rings (SSSR count). The topological polar surface area (TPSA) is 116 Å². The molecule has 2 aromatic rings. The van der Waals surface area contributed by atoms with Crippen molar-refractivity contribution in [2.75, 3.05) is 26.3 Å². The van der Waals surface area contributed by atoms with Crippen LogP contribution in [0.3, 0.4) is 0 Å². The second-order valence-corrected chi connectivity index (χ2v) is 11.9. The molecule has 0 atom stereocenters. The Kier molecular flexibility index (Phi) is 9.23. The average molecular weight is 514 g/mol. The number of aryl methyl sites for hydroxylation is 2. The molecule has 0 radical (unpaired) electrons. The Labute approximate surface area is 201 Å². The van der Waals surface area contributed by atoms with E-state index in [-0.39, 0.29) is 36.1 Å². The maximum absolute atomic E-state index is 12.6. The Morgan fingerprint density at radius 3 is 1.41 bits per heavy atom. The molecule has 0 saturated carbocycles. The first-order valence-corrected chi connectivity index (χ1v) is 13.4. The second-order valence-electron chi connectivity index (χ2n) is 8.65. The van der Waals surface area contributed by atoms with Crippen LogP contribution >= 0.6 is 0 Å². The molecule has 34 heavy (non-hydrogen) atoms. The SMILES string of the molecule is Cc1ccc(S(=O)(=O)OCCN(CCOS(=O)(=O)c2ccc(C)cc2)C(=O)OC(C)(C)C)cc1. The van der Waals surface area contributed by atoms with Gasteiger partial charge in [0.2, 0.25) is 0 Å². The Morgan fingerprint density at radius 2 is 1.09 bits per heavy atom. The molecule has 188 valence electrons. The van der Waals surface area contributed by atoms with Gasteiger partial charge in [-0.2, -0.15) is 16.8 Å². The van der Waals surface area contributed by atoms with E-state index in [0.717, 1.165) is 16.0 Å². The first kappa shape index (κ1) is 27.8. The van der Waals surface area contributed by atoms with Gasteiger partial charge >= 0.3 is 6.09 Å². The highest BCUT2D eigenvalue weighted by molar-refractivity contribution is 7.87. The fourth-order valence-electron chi connectivity index (χ4n) is 2.68. The van der Waals surface area contributed by atoms with Crippen LogP contribution in [0.25, 0.3) is 0 Å². The number of nitrogens with zero attached hydrogens (tertiary/aromatic N) is 1. The van der Waals surface area contributed by atoms with Crippen LogP contribution in [-0.2, 0) is 33.3 Å². The summed E-state index contributed by atoms with van der Waals surface area (Å²) in [6.07, 6.45) is -0.750. The summed E-state index contributed by atoms with van der Waals surface area (Å²) in [6.45, 7) is 7.69. The Morgan fingerprint density at radius 1 is 0.735 bits per heavy atom. The predicted molar refractivity (Wildman–Crippen MR) is 126 cm³/mol. The second kappa shape index (κ2) is 11.3. The van der Waals surface area contributed by atoms with Crippen LogP contribution in [0.4, 0.5) is 4.79 Å². The molecule has 0 N–H and O–H groups in total. The van der Waals surface area contributed by atoms with E-state index < -0.39 is 31.9 Å². The highest BCUT2D eigenvalue weighted by Crippen LogP contribution is 2.16. The van der Waals surface area contributed by atoms with Crippen molar-refractivity contribution in [3.05, 3.63) is 59.7 Å². The van der Waals surface area contributed by atoms with Crippen LogP contribution in [0.5, 0.6) is 0 Å². The number of hydrogen-bond acceptors (Lipinski definition) is 8. The van der Waals surface area contributed by atoms with Gasteiger partial charge < -0.3 is 9.64 Å². The van der Waals surface area contributed by atoms with E-state index >= 15 is 0 Å². The number of amides is 1. The third-order valence-electron chi connectivity index (χ3n) is 4.47. The Bertz CT molecular complexity index is 1090. The third kappa shape index (κ3) is 8.71. The van der Waals surface area contributed by atoms with E-state index in [1.165, 1.54) is 24.3 Å². The molecule has 0 heterocycles. The number of ether oxygens (including phenoxy) is 1. The first-order valence-electron chi connectivity index (χ1n) is 10.6. The zero-order valence-corrected chi connectivity index (χ0v) is 21.6. The lowest BCUT2D eigenvalue weighted by Crippen LogP contribution is -2.41. The largest absolute Gasteiger partial charge is 0.444 e. The summed E-state index contributed by atoms with van der Waals surface area (Å²) < 4.78 is 65.0. The van der Waals surface area contributed by atoms with Crippen LogP contribution in [0.15, 0.2) is 58.3 Å². The fraction of sp³-hybridized carbons (Fsp3) is 0.435. The summed E-state index contributed by atoms with van der Waals surface area (Å²) in [5.74, 6) is 0. The maximum Gasteiger partial charge on any atom is 0.410 e. The number of rotatable bonds is 10. The number of benzene rings is 2. The predicted octanol–water partition coefficient (Wildman–Crippen LogP) is 3.65. The van der Waals surface area contributed by atoms with Crippen molar-refractivity contribution in [3.63, 3.8) is 0 Å². The first-order chi connectivity index (χ1) is 15.7. The molecule has 0 saturated heterocycles. The van der Waals surface area contributed by atoms with Crippen molar-refractivity contribution in [2.45, 2.75) is 50.0 Å². The summed E-state index contributed by atoms with van der Waals surface area (Å²) in [6, 6.07) is 12.3. The molecule has 0 spiro atoms. The van der Waals surface area contributed by atoms with Gasteiger partial charge in [-0.15, -0.1) is 0 Å². The van der Waals surface area contributed by atoms with Gasteiger partial charge in [-0.3, -0.25) is 8.37 Å². The van der Waals surface area contributed by atoms with E-state index in [1.807, 2.05) is 13.8 Å². The monoisotopic (exact) mass is 513 g/mol. The van der Waals surface area contributed by atoms with Gasteiger partial charge in [-0.1, -0.05) is 35.4 Å². The maximum atomic E-state index is 12.6. The van der Waals surface area contributed by atoms with Crippen LogP contribution < -0.4 is 0 Å². The molecule has 1 amide bonds. The van der Waals surface area contributed by atoms with E-state index in [2.05, 4.69) is 0 Å². The highest BCUT2D eigenvalue weighted by Gasteiger charge is 2.24. The molecule has 0 aliphatic carbocycles. The van der Waals surface area contributed by atoms with Crippen molar-refractivity contribution in [2.24, 2.45) is 0 Å². The van der Waals surface area contributed by atoms with Gasteiger partial charge in [0.1, 0.15) is 5.60 Å². The lowest BCUT2D eigenvalue weighted by Gasteiger charge is -2.27. The van der Waals surface area contributed by atoms with E-state index in [1.54, 1.807) is 45.0 Å². The molecule has 0 unspecified atom stereocenters. The molecule has 0 bridgehead atoms. The number of hydrogen-bond donors (Lipinski definition) is 0. The average Bonchev–Trinajstić information content (AvgIpc) is 2.72. The minimum absolute atomic E-state index is 0.00515. The zero-order chi connectivity index (χ0) is 25.6. The highest BCUT2D eigenvalue weighted by atomic mass is 32.2. The summed E-state index contributed by atoms with van der Waals surface area (Å²) in [5.41, 5.74) is 0.991. The summed E-state index contributed by atoms with van der Waals surface area (Å²) in [4.78, 5) is 13.7. The summed E-state index contributed by atoms with van der Waals surface area (Å²) >= 11 is 0. The molecule has 2 aromatic carbocycles. The lowest BCUT2D eigenvalue weighted by atomic mass is 10.2. The van der Waals surface area contributed by atoms with Crippen LogP contribution in [0.1, 0.15) is 31.9 Å². The number of carbonyl (C=O) groups is 1. The van der Waals surface area contributed by atoms with Crippen LogP contribution in [0, 0.1) is 13.8 Å². The van der Waals surface area contributed by atoms with Gasteiger partial charge in [-0.25, -0.2) is 4.79 Å². The van der Waals surface area contributed by atoms with E-state index in [9.17, 15) is 21.6 Å². The lowest BCUT2D eigenvalue weighted by molar-refractivity contribution is 0.0204. The molecule has 11 heteroatoms. The normalized spacial score (nSPS) is 12.4. The minimum Gasteiger partial charge on any atom is -0.444 e. The van der Waals surface area contributed by atoms with E-state index in [0.29, 0.717) is 0 Å². The van der Waals surface area contributed by atoms with Gasteiger partial charge in [-0.05, 0) is 58.9 Å². The minimum atomic E-state index is -4.02. The zero-order valence-electron chi connectivity index (χ0n) is 20.0. The number of carbonyl (C=O) groups excluding carboxylic acids is 1. The van der Waals surface area contributed by atoms with Crippen molar-refractivity contribution in [1.29, 1.82) is 0 Å². The van der Waals surface area contributed by atoms with Crippen molar-refractivity contribution in [1.82, 2.24) is 4.90 Å². The Hall–Kier alpha value is -2.47. The fourth-order valence-corrected chi connectivity index (χ4v) is 4.48. The quantitative estimate of drug-likeness (QED) is 0.442. The van der Waals surface area contributed by atoms with Crippen molar-refractivity contribution in [3.8, 4) is 0 Å². The van der Waals surface area contributed by atoms with E-state index in [4.69, 9.17) is 13.1 Å². The molecular formula is C23H31NO8S2.